The standard InChI is InChI=1S/C17H22N6O2/c1-19-4-3-13(7-16(19)24)9-21-10-15(11-21)23-12-14(8-18-23)22-6-5-20(2)17(22)25/h3-4,7-8,12,15H,5-6,9-11H2,1-2H3. The van der Waals surface area contributed by atoms with Crippen molar-refractivity contribution in [3.8, 4) is 0 Å². The molecule has 2 saturated heterocycles. The Hall–Kier alpha value is -2.61. The van der Waals surface area contributed by atoms with Crippen LogP contribution in [0.5, 0.6) is 0 Å². The number of likely N-dealkylation sites (tertiary alicyclic amines) is 1. The van der Waals surface area contributed by atoms with Gasteiger partial charge in [-0.15, -0.1) is 0 Å². The van der Waals surface area contributed by atoms with Crippen LogP contribution in [-0.2, 0) is 13.6 Å². The number of anilines is 1. The van der Waals surface area contributed by atoms with Crippen molar-refractivity contribution < 1.29 is 4.79 Å². The van der Waals surface area contributed by atoms with Crippen LogP contribution in [0.3, 0.4) is 0 Å². The van der Waals surface area contributed by atoms with Gasteiger partial charge in [-0.05, 0) is 11.6 Å². The van der Waals surface area contributed by atoms with E-state index in [0.29, 0.717) is 12.6 Å². The highest BCUT2D eigenvalue weighted by atomic mass is 16.2. The second-order valence-electron chi connectivity index (χ2n) is 6.87. The summed E-state index contributed by atoms with van der Waals surface area (Å²) in [5.74, 6) is 0. The molecule has 8 nitrogen and oxygen atoms in total. The van der Waals surface area contributed by atoms with Gasteiger partial charge >= 0.3 is 6.03 Å². The molecule has 2 aliphatic rings. The monoisotopic (exact) mass is 342 g/mol. The third kappa shape index (κ3) is 2.93. The van der Waals surface area contributed by atoms with Crippen LogP contribution in [0.15, 0.2) is 35.5 Å². The summed E-state index contributed by atoms with van der Waals surface area (Å²) in [7, 11) is 3.57. The molecule has 2 amide bonds. The number of hydrogen-bond acceptors (Lipinski definition) is 4. The molecule has 4 rings (SSSR count). The number of aromatic nitrogens is 3. The number of urea groups is 1. The number of rotatable bonds is 4. The molecule has 0 unspecified atom stereocenters. The maximum atomic E-state index is 12.1. The lowest BCUT2D eigenvalue weighted by Gasteiger charge is -2.39. The summed E-state index contributed by atoms with van der Waals surface area (Å²) in [5.41, 5.74) is 1.92. The van der Waals surface area contributed by atoms with Crippen molar-refractivity contribution in [2.45, 2.75) is 12.6 Å². The Balaban J connectivity index is 1.35. The number of carbonyl (C=O) groups is 1. The largest absolute Gasteiger partial charge is 0.326 e. The molecule has 8 heteroatoms. The van der Waals surface area contributed by atoms with Crippen LogP contribution in [0.4, 0.5) is 10.5 Å². The predicted octanol–water partition coefficient (Wildman–Crippen LogP) is 0.510. The zero-order valence-electron chi connectivity index (χ0n) is 14.5. The molecule has 132 valence electrons. The van der Waals surface area contributed by atoms with Crippen LogP contribution in [0, 0.1) is 0 Å². The zero-order chi connectivity index (χ0) is 17.6. The van der Waals surface area contributed by atoms with E-state index in [1.807, 2.05) is 24.0 Å². The third-order valence-corrected chi connectivity index (χ3v) is 5.00. The Morgan fingerprint density at radius 1 is 1.20 bits per heavy atom. The fraction of sp³-hybridized carbons (Fsp3) is 0.471. The summed E-state index contributed by atoms with van der Waals surface area (Å²) in [4.78, 5) is 29.5. The minimum Gasteiger partial charge on any atom is -0.326 e. The molecule has 0 radical (unpaired) electrons. The van der Waals surface area contributed by atoms with Crippen molar-refractivity contribution in [2.75, 3.05) is 38.1 Å². The smallest absolute Gasteiger partial charge is 0.324 e. The number of amides is 2. The number of carbonyl (C=O) groups excluding carboxylic acids is 1. The van der Waals surface area contributed by atoms with E-state index in [0.717, 1.165) is 37.4 Å². The molecule has 2 aromatic heterocycles. The average Bonchev–Trinajstić information content (AvgIpc) is 3.14. The van der Waals surface area contributed by atoms with Crippen LogP contribution >= 0.6 is 0 Å². The Morgan fingerprint density at radius 2 is 2.00 bits per heavy atom. The molecule has 0 bridgehead atoms. The molecule has 4 heterocycles. The van der Waals surface area contributed by atoms with Gasteiger partial charge in [0.05, 0.1) is 17.9 Å². The molecule has 0 N–H and O–H groups in total. The molecule has 0 atom stereocenters. The maximum Gasteiger partial charge on any atom is 0.324 e. The van der Waals surface area contributed by atoms with Gasteiger partial charge in [-0.3, -0.25) is 19.3 Å². The molecule has 25 heavy (non-hydrogen) atoms. The SMILES string of the molecule is CN1CCN(c2cnn(C3CN(Cc4ccn(C)c(=O)c4)C3)c2)C1=O. The van der Waals surface area contributed by atoms with Crippen LogP contribution in [0.1, 0.15) is 11.6 Å². The number of aryl methyl sites for hydroxylation is 1. The molecular formula is C17H22N6O2. The van der Waals surface area contributed by atoms with Crippen LogP contribution in [-0.4, -0.2) is 63.4 Å². The highest BCUT2D eigenvalue weighted by Crippen LogP contribution is 2.25. The van der Waals surface area contributed by atoms with E-state index in [2.05, 4.69) is 10.00 Å². The minimum atomic E-state index is 0.0199. The van der Waals surface area contributed by atoms with Crippen molar-refractivity contribution in [1.29, 1.82) is 0 Å². The lowest BCUT2D eigenvalue weighted by molar-refractivity contribution is 0.0908. The highest BCUT2D eigenvalue weighted by molar-refractivity contribution is 5.93. The molecule has 0 spiro atoms. The number of nitrogens with zero attached hydrogens (tertiary/aromatic N) is 6. The summed E-state index contributed by atoms with van der Waals surface area (Å²) in [6, 6.07) is 4.02. The Kier molecular flexibility index (Phi) is 3.84. The van der Waals surface area contributed by atoms with E-state index in [4.69, 9.17) is 0 Å². The maximum absolute atomic E-state index is 12.1. The summed E-state index contributed by atoms with van der Waals surface area (Å²) in [6.45, 7) is 4.02. The summed E-state index contributed by atoms with van der Waals surface area (Å²) < 4.78 is 3.52. The molecule has 2 fully saturated rings. The number of hydrogen-bond donors (Lipinski definition) is 0. The van der Waals surface area contributed by atoms with Gasteiger partial charge in [0.15, 0.2) is 0 Å². The van der Waals surface area contributed by atoms with E-state index >= 15 is 0 Å². The van der Waals surface area contributed by atoms with Gasteiger partial charge in [0.25, 0.3) is 5.56 Å². The molecule has 0 aliphatic carbocycles. The van der Waals surface area contributed by atoms with Crippen molar-refractivity contribution in [3.63, 3.8) is 0 Å². The zero-order valence-corrected chi connectivity index (χ0v) is 14.5. The third-order valence-electron chi connectivity index (χ3n) is 5.00. The first kappa shape index (κ1) is 15.9. The second-order valence-corrected chi connectivity index (χ2v) is 6.87. The van der Waals surface area contributed by atoms with Gasteiger partial charge in [0, 0.05) is 65.3 Å². The topological polar surface area (TPSA) is 66.6 Å². The summed E-state index contributed by atoms with van der Waals surface area (Å²) in [6.07, 6.45) is 5.52. The Labute approximate surface area is 145 Å². The van der Waals surface area contributed by atoms with E-state index in [1.54, 1.807) is 39.9 Å². The van der Waals surface area contributed by atoms with Gasteiger partial charge < -0.3 is 9.47 Å². The van der Waals surface area contributed by atoms with Crippen LogP contribution in [0.2, 0.25) is 0 Å². The number of likely N-dealkylation sites (N-methyl/N-ethyl adjacent to an activating group) is 1. The first-order valence-electron chi connectivity index (χ1n) is 8.46. The first-order valence-corrected chi connectivity index (χ1v) is 8.46. The molecule has 0 aromatic carbocycles. The van der Waals surface area contributed by atoms with Gasteiger partial charge in [0.2, 0.25) is 0 Å². The molecular weight excluding hydrogens is 320 g/mol. The normalized spacial score (nSPS) is 18.9. The molecule has 2 aromatic rings. The van der Waals surface area contributed by atoms with Crippen molar-refractivity contribution >= 4 is 11.7 Å². The summed E-state index contributed by atoms with van der Waals surface area (Å²) in [5, 5.41) is 4.43. The van der Waals surface area contributed by atoms with Gasteiger partial charge in [-0.1, -0.05) is 0 Å². The van der Waals surface area contributed by atoms with E-state index in [9.17, 15) is 9.59 Å². The highest BCUT2D eigenvalue weighted by Gasteiger charge is 2.31. The first-order chi connectivity index (χ1) is 12.0. The van der Waals surface area contributed by atoms with Crippen LogP contribution in [0.25, 0.3) is 0 Å². The molecule has 0 saturated carbocycles. The predicted molar refractivity (Wildman–Crippen MR) is 93.6 cm³/mol. The van der Waals surface area contributed by atoms with Gasteiger partial charge in [-0.25, -0.2) is 4.79 Å². The number of pyridine rings is 1. The van der Waals surface area contributed by atoms with Crippen LogP contribution < -0.4 is 10.5 Å². The minimum absolute atomic E-state index is 0.0199. The van der Waals surface area contributed by atoms with Crippen molar-refractivity contribution in [3.05, 3.63) is 46.6 Å². The molecule has 2 aliphatic heterocycles. The second kappa shape index (κ2) is 6.03. The van der Waals surface area contributed by atoms with E-state index < -0.39 is 0 Å². The van der Waals surface area contributed by atoms with Gasteiger partial charge in [-0.2, -0.15) is 5.10 Å². The quantitative estimate of drug-likeness (QED) is 0.812. The Bertz CT molecular complexity index is 851. The lowest BCUT2D eigenvalue weighted by atomic mass is 10.1. The van der Waals surface area contributed by atoms with Gasteiger partial charge in [0.1, 0.15) is 0 Å². The summed E-state index contributed by atoms with van der Waals surface area (Å²) >= 11 is 0. The van der Waals surface area contributed by atoms with E-state index in [1.165, 1.54) is 0 Å². The fourth-order valence-corrected chi connectivity index (χ4v) is 3.34. The lowest BCUT2D eigenvalue weighted by Crippen LogP contribution is -2.47. The van der Waals surface area contributed by atoms with Crippen molar-refractivity contribution in [1.82, 2.24) is 24.1 Å². The van der Waals surface area contributed by atoms with E-state index in [-0.39, 0.29) is 11.6 Å². The Morgan fingerprint density at radius 3 is 2.68 bits per heavy atom. The average molecular weight is 342 g/mol. The fourth-order valence-electron chi connectivity index (χ4n) is 3.34. The van der Waals surface area contributed by atoms with Crippen molar-refractivity contribution in [2.24, 2.45) is 7.05 Å².